The molecule has 0 saturated carbocycles. The van der Waals surface area contributed by atoms with Gasteiger partial charge < -0.3 is 5.32 Å². The number of piperidine rings is 1. The maximum atomic E-state index is 5.00. The molecule has 1 aliphatic rings. The predicted molar refractivity (Wildman–Crippen MR) is 47.2 cm³/mol. The van der Waals surface area contributed by atoms with Crippen molar-refractivity contribution in [3.05, 3.63) is 0 Å². The third-order valence-corrected chi connectivity index (χ3v) is 2.30. The van der Waals surface area contributed by atoms with E-state index in [-0.39, 0.29) is 0 Å². The van der Waals surface area contributed by atoms with Gasteiger partial charge in [-0.3, -0.25) is 0 Å². The van der Waals surface area contributed by atoms with E-state index in [9.17, 15) is 0 Å². The van der Waals surface area contributed by atoms with Crippen LogP contribution in [0.1, 0.15) is 19.3 Å². The molecule has 1 rings (SSSR count). The van der Waals surface area contributed by atoms with Crippen molar-refractivity contribution in [3.63, 3.8) is 0 Å². The van der Waals surface area contributed by atoms with Gasteiger partial charge in [0, 0.05) is 11.8 Å². The van der Waals surface area contributed by atoms with E-state index >= 15 is 0 Å². The highest BCUT2D eigenvalue weighted by atomic mass is 32.1. The first-order valence-corrected chi connectivity index (χ1v) is 4.27. The molecule has 0 bridgehead atoms. The first kappa shape index (κ1) is 7.35. The van der Waals surface area contributed by atoms with E-state index in [4.69, 9.17) is 12.2 Å². The van der Waals surface area contributed by atoms with Crippen LogP contribution in [0.25, 0.3) is 0 Å². The van der Waals surface area contributed by atoms with E-state index in [1.807, 2.05) is 0 Å². The highest BCUT2D eigenvalue weighted by Gasteiger charge is 2.12. The molecule has 1 aliphatic heterocycles. The maximum Gasteiger partial charge on any atom is 0.0755 e. The summed E-state index contributed by atoms with van der Waals surface area (Å²) in [5.41, 5.74) is 0. The highest BCUT2D eigenvalue weighted by Crippen LogP contribution is 2.09. The lowest BCUT2D eigenvalue weighted by molar-refractivity contribution is 0.555. The second-order valence-electron chi connectivity index (χ2n) is 2.34. The lowest BCUT2D eigenvalue weighted by Gasteiger charge is -2.23. The van der Waals surface area contributed by atoms with Crippen molar-refractivity contribution in [1.82, 2.24) is 5.32 Å². The van der Waals surface area contributed by atoms with Crippen LogP contribution in [-0.4, -0.2) is 16.8 Å². The third kappa shape index (κ3) is 2.14. The lowest BCUT2D eigenvalue weighted by atomic mass is 10.1. The molecule has 0 aromatic carbocycles. The van der Waals surface area contributed by atoms with Crippen LogP contribution in [0.5, 0.6) is 0 Å². The summed E-state index contributed by atoms with van der Waals surface area (Å²) in [6, 6.07) is 0.537. The van der Waals surface area contributed by atoms with Crippen LogP contribution in [0.15, 0.2) is 0 Å². The average molecular weight is 161 g/mol. The smallest absolute Gasteiger partial charge is 0.0755 e. The molecule has 1 unspecified atom stereocenters. The Bertz CT molecular complexity index is 114. The number of nitrogens with one attached hydrogen (secondary N) is 1. The molecule has 0 amide bonds. The van der Waals surface area contributed by atoms with E-state index in [0.29, 0.717) is 6.04 Å². The van der Waals surface area contributed by atoms with Crippen molar-refractivity contribution < 1.29 is 0 Å². The Balaban J connectivity index is 2.32. The van der Waals surface area contributed by atoms with Gasteiger partial charge in [-0.2, -0.15) is 12.6 Å². The van der Waals surface area contributed by atoms with Gasteiger partial charge in [0.1, 0.15) is 0 Å². The van der Waals surface area contributed by atoms with Crippen molar-refractivity contribution in [3.8, 4) is 0 Å². The Morgan fingerprint density at radius 3 is 3.00 bits per heavy atom. The Morgan fingerprint density at radius 1 is 1.78 bits per heavy atom. The quantitative estimate of drug-likeness (QED) is 0.445. The Labute approximate surface area is 66.6 Å². The summed E-state index contributed by atoms with van der Waals surface area (Å²) in [5.74, 6) is 0.903. The third-order valence-electron chi connectivity index (χ3n) is 1.54. The Kier molecular flexibility index (Phi) is 2.79. The fourth-order valence-electron chi connectivity index (χ4n) is 1.02. The summed E-state index contributed by atoms with van der Waals surface area (Å²) in [6.07, 6.45) is 3.53. The predicted octanol–water partition coefficient (Wildman–Crippen LogP) is 1.39. The van der Waals surface area contributed by atoms with Crippen LogP contribution in [-0.2, 0) is 0 Å². The molecule has 0 aliphatic carbocycles. The van der Waals surface area contributed by atoms with E-state index in [1.165, 1.54) is 12.8 Å². The lowest BCUT2D eigenvalue weighted by Crippen LogP contribution is -2.38. The van der Waals surface area contributed by atoms with Gasteiger partial charge in [-0.05, 0) is 19.3 Å². The zero-order valence-electron chi connectivity index (χ0n) is 5.26. The summed E-state index contributed by atoms with van der Waals surface area (Å²) < 4.78 is 0. The molecule has 1 saturated heterocycles. The zero-order valence-corrected chi connectivity index (χ0v) is 6.97. The maximum absolute atomic E-state index is 5.00. The second-order valence-corrected chi connectivity index (χ2v) is 3.20. The molecule has 1 fully saturated rings. The van der Waals surface area contributed by atoms with Crippen LogP contribution in [0, 0.1) is 0 Å². The van der Waals surface area contributed by atoms with Crippen molar-refractivity contribution >= 4 is 29.8 Å². The molecular weight excluding hydrogens is 150 g/mol. The summed E-state index contributed by atoms with van der Waals surface area (Å²) in [6.45, 7) is 0. The molecule has 52 valence electrons. The summed E-state index contributed by atoms with van der Waals surface area (Å²) in [4.78, 5) is 1.01. The van der Waals surface area contributed by atoms with Crippen molar-refractivity contribution in [1.29, 1.82) is 0 Å². The molecular formula is C6H11NS2. The van der Waals surface area contributed by atoms with E-state index < -0.39 is 0 Å². The van der Waals surface area contributed by atoms with Crippen LogP contribution in [0.3, 0.4) is 0 Å². The molecule has 1 nitrogen and oxygen atoms in total. The molecule has 3 heteroatoms. The SMILES string of the molecule is S=C1CCCC(CS)N1. The standard InChI is InChI=1S/C6H11NS2/c8-4-5-2-1-3-6(9)7-5/h5,8H,1-4H2,(H,7,9). The molecule has 0 radical (unpaired) electrons. The molecule has 1 N–H and O–H groups in total. The minimum absolute atomic E-state index is 0.537. The first-order chi connectivity index (χ1) is 4.33. The Hall–Kier alpha value is 0.240. The number of thiol groups is 1. The summed E-state index contributed by atoms with van der Waals surface area (Å²) in [5, 5.41) is 3.22. The van der Waals surface area contributed by atoms with Crippen molar-refractivity contribution in [2.24, 2.45) is 0 Å². The van der Waals surface area contributed by atoms with E-state index in [1.54, 1.807) is 0 Å². The zero-order chi connectivity index (χ0) is 6.69. The minimum Gasteiger partial charge on any atom is -0.376 e. The van der Waals surface area contributed by atoms with E-state index in [2.05, 4.69) is 17.9 Å². The largest absolute Gasteiger partial charge is 0.376 e. The summed E-state index contributed by atoms with van der Waals surface area (Å²) in [7, 11) is 0. The Morgan fingerprint density at radius 2 is 2.56 bits per heavy atom. The van der Waals surface area contributed by atoms with Crippen molar-refractivity contribution in [2.45, 2.75) is 25.3 Å². The van der Waals surface area contributed by atoms with Crippen LogP contribution < -0.4 is 5.32 Å². The van der Waals surface area contributed by atoms with Gasteiger partial charge in [-0.25, -0.2) is 0 Å². The average Bonchev–Trinajstić information content (AvgIpc) is 1.88. The van der Waals surface area contributed by atoms with Crippen LogP contribution >= 0.6 is 24.8 Å². The summed E-state index contributed by atoms with van der Waals surface area (Å²) >= 11 is 9.19. The van der Waals surface area contributed by atoms with Gasteiger partial charge in [0.05, 0.1) is 4.99 Å². The molecule has 9 heavy (non-hydrogen) atoms. The molecule has 1 heterocycles. The van der Waals surface area contributed by atoms with Gasteiger partial charge in [0.25, 0.3) is 0 Å². The van der Waals surface area contributed by atoms with Crippen LogP contribution in [0.4, 0.5) is 0 Å². The molecule has 0 aromatic heterocycles. The molecule has 0 spiro atoms. The highest BCUT2D eigenvalue weighted by molar-refractivity contribution is 7.80. The van der Waals surface area contributed by atoms with Gasteiger partial charge in [-0.1, -0.05) is 12.2 Å². The minimum atomic E-state index is 0.537. The van der Waals surface area contributed by atoms with E-state index in [0.717, 1.165) is 17.2 Å². The fraction of sp³-hybridized carbons (Fsp3) is 0.833. The molecule has 0 aromatic rings. The van der Waals surface area contributed by atoms with Crippen LogP contribution in [0.2, 0.25) is 0 Å². The monoisotopic (exact) mass is 161 g/mol. The number of rotatable bonds is 1. The van der Waals surface area contributed by atoms with Gasteiger partial charge in [0.2, 0.25) is 0 Å². The first-order valence-electron chi connectivity index (χ1n) is 3.23. The van der Waals surface area contributed by atoms with Gasteiger partial charge in [-0.15, -0.1) is 0 Å². The normalized spacial score (nSPS) is 27.7. The topological polar surface area (TPSA) is 12.0 Å². The van der Waals surface area contributed by atoms with Gasteiger partial charge >= 0.3 is 0 Å². The number of hydrogen-bond acceptors (Lipinski definition) is 2. The van der Waals surface area contributed by atoms with Gasteiger partial charge in [0.15, 0.2) is 0 Å². The number of hydrogen-bond donors (Lipinski definition) is 2. The number of thiocarbonyl (C=S) groups is 1. The van der Waals surface area contributed by atoms with Crippen molar-refractivity contribution in [2.75, 3.05) is 5.75 Å². The second kappa shape index (κ2) is 3.42. The molecule has 1 atom stereocenters. The fourth-order valence-corrected chi connectivity index (χ4v) is 1.60.